The summed E-state index contributed by atoms with van der Waals surface area (Å²) in [6.45, 7) is 4.00. The van der Waals surface area contributed by atoms with E-state index in [-0.39, 0.29) is 5.91 Å². The number of anilines is 1. The summed E-state index contributed by atoms with van der Waals surface area (Å²) in [5.74, 6) is -0.0950. The lowest BCUT2D eigenvalue weighted by molar-refractivity contribution is 0.102. The van der Waals surface area contributed by atoms with Crippen LogP contribution >= 0.6 is 0 Å². The average Bonchev–Trinajstić information content (AvgIpc) is 2.50. The topological polar surface area (TPSA) is 42.0 Å². The summed E-state index contributed by atoms with van der Waals surface area (Å²) < 4.78 is 0. The molecule has 0 unspecified atom stereocenters. The van der Waals surface area contributed by atoms with E-state index in [0.717, 1.165) is 27.6 Å². The molecule has 0 fully saturated rings. The zero-order chi connectivity index (χ0) is 14.8. The summed E-state index contributed by atoms with van der Waals surface area (Å²) in [6, 6.07) is 13.6. The van der Waals surface area contributed by atoms with Gasteiger partial charge in [0.25, 0.3) is 5.91 Å². The largest absolute Gasteiger partial charge is 0.322 e. The summed E-state index contributed by atoms with van der Waals surface area (Å²) in [6.07, 6.45) is 3.52. The van der Waals surface area contributed by atoms with Gasteiger partial charge in [-0.15, -0.1) is 0 Å². The lowest BCUT2D eigenvalue weighted by Gasteiger charge is -2.10. The van der Waals surface area contributed by atoms with Crippen molar-refractivity contribution in [1.29, 1.82) is 0 Å². The van der Waals surface area contributed by atoms with Crippen LogP contribution in [-0.4, -0.2) is 10.9 Å². The molecule has 3 rings (SSSR count). The Balaban J connectivity index is 1.91. The number of nitrogens with one attached hydrogen (secondary N) is 1. The molecule has 0 aliphatic carbocycles. The van der Waals surface area contributed by atoms with Gasteiger partial charge in [-0.05, 0) is 54.6 Å². The molecule has 104 valence electrons. The highest BCUT2D eigenvalue weighted by Gasteiger charge is 2.08. The smallest absolute Gasteiger partial charge is 0.255 e. The highest BCUT2D eigenvalue weighted by molar-refractivity contribution is 6.06. The van der Waals surface area contributed by atoms with E-state index in [0.29, 0.717) is 5.56 Å². The van der Waals surface area contributed by atoms with Gasteiger partial charge in [0.2, 0.25) is 0 Å². The second-order valence-corrected chi connectivity index (χ2v) is 5.21. The Morgan fingerprint density at radius 1 is 1.00 bits per heavy atom. The maximum Gasteiger partial charge on any atom is 0.255 e. The third kappa shape index (κ3) is 2.77. The van der Waals surface area contributed by atoms with Crippen molar-refractivity contribution in [3.63, 3.8) is 0 Å². The van der Waals surface area contributed by atoms with Gasteiger partial charge in [-0.3, -0.25) is 9.78 Å². The van der Waals surface area contributed by atoms with Crippen LogP contribution in [0.5, 0.6) is 0 Å². The Bertz CT molecular complexity index is 824. The fraction of sp³-hybridized carbons (Fsp3) is 0.111. The van der Waals surface area contributed by atoms with Gasteiger partial charge in [0, 0.05) is 29.0 Å². The lowest BCUT2D eigenvalue weighted by atomic mass is 10.1. The second-order valence-electron chi connectivity index (χ2n) is 5.21. The molecule has 0 radical (unpaired) electrons. The number of hydrogen-bond donors (Lipinski definition) is 1. The molecule has 0 bridgehead atoms. The van der Waals surface area contributed by atoms with Crippen molar-refractivity contribution in [3.05, 3.63) is 71.5 Å². The first-order valence-corrected chi connectivity index (χ1v) is 6.86. The molecule has 0 aliphatic heterocycles. The maximum absolute atomic E-state index is 12.4. The van der Waals surface area contributed by atoms with Crippen molar-refractivity contribution in [1.82, 2.24) is 4.98 Å². The molecule has 1 heterocycles. The van der Waals surface area contributed by atoms with E-state index in [9.17, 15) is 4.79 Å². The highest BCUT2D eigenvalue weighted by Crippen LogP contribution is 2.19. The third-order valence-corrected chi connectivity index (χ3v) is 3.54. The Morgan fingerprint density at radius 2 is 1.86 bits per heavy atom. The van der Waals surface area contributed by atoms with E-state index in [1.165, 1.54) is 0 Å². The molecule has 3 aromatic rings. The molecule has 1 amide bonds. The van der Waals surface area contributed by atoms with Crippen molar-refractivity contribution in [2.45, 2.75) is 13.8 Å². The van der Waals surface area contributed by atoms with Crippen LogP contribution in [0.15, 0.2) is 54.9 Å². The van der Waals surface area contributed by atoms with Crippen LogP contribution in [0, 0.1) is 13.8 Å². The minimum atomic E-state index is -0.0950. The van der Waals surface area contributed by atoms with Crippen LogP contribution in [-0.2, 0) is 0 Å². The van der Waals surface area contributed by atoms with Crippen LogP contribution < -0.4 is 5.32 Å². The molecule has 1 aromatic heterocycles. The van der Waals surface area contributed by atoms with Crippen molar-refractivity contribution >= 4 is 22.4 Å². The molecule has 1 N–H and O–H groups in total. The van der Waals surface area contributed by atoms with Gasteiger partial charge in [-0.2, -0.15) is 0 Å². The van der Waals surface area contributed by atoms with E-state index >= 15 is 0 Å². The number of nitrogens with zero attached hydrogens (tertiary/aromatic N) is 1. The van der Waals surface area contributed by atoms with Crippen LogP contribution in [0.25, 0.3) is 10.8 Å². The monoisotopic (exact) mass is 276 g/mol. The number of fused-ring (bicyclic) bond motifs is 1. The molecule has 0 saturated heterocycles. The minimum absolute atomic E-state index is 0.0950. The van der Waals surface area contributed by atoms with Gasteiger partial charge in [0.05, 0.1) is 0 Å². The van der Waals surface area contributed by atoms with Crippen LogP contribution in [0.2, 0.25) is 0 Å². The fourth-order valence-electron chi connectivity index (χ4n) is 2.29. The first kappa shape index (κ1) is 13.3. The summed E-state index contributed by atoms with van der Waals surface area (Å²) >= 11 is 0. The predicted octanol–water partition coefficient (Wildman–Crippen LogP) is 4.10. The third-order valence-electron chi connectivity index (χ3n) is 3.54. The van der Waals surface area contributed by atoms with E-state index < -0.39 is 0 Å². The van der Waals surface area contributed by atoms with Crippen molar-refractivity contribution in [2.75, 3.05) is 5.32 Å². The molecule has 0 atom stereocenters. The van der Waals surface area contributed by atoms with E-state index in [1.807, 2.05) is 56.3 Å². The van der Waals surface area contributed by atoms with Gasteiger partial charge >= 0.3 is 0 Å². The van der Waals surface area contributed by atoms with Gasteiger partial charge in [0.1, 0.15) is 0 Å². The molecule has 3 heteroatoms. The van der Waals surface area contributed by atoms with Gasteiger partial charge < -0.3 is 5.32 Å². The number of aromatic nitrogens is 1. The van der Waals surface area contributed by atoms with Crippen molar-refractivity contribution < 1.29 is 4.79 Å². The number of carbonyl (C=O) groups is 1. The van der Waals surface area contributed by atoms with E-state index in [4.69, 9.17) is 0 Å². The number of carbonyl (C=O) groups excluding carboxylic acids is 1. The highest BCUT2D eigenvalue weighted by atomic mass is 16.1. The summed E-state index contributed by atoms with van der Waals surface area (Å²) in [7, 11) is 0. The Hall–Kier alpha value is -2.68. The predicted molar refractivity (Wildman–Crippen MR) is 85.6 cm³/mol. The van der Waals surface area contributed by atoms with Gasteiger partial charge in [-0.25, -0.2) is 0 Å². The van der Waals surface area contributed by atoms with Crippen LogP contribution in [0.3, 0.4) is 0 Å². The SMILES string of the molecule is Cc1ccc(C)c(NC(=O)c2ccc3cnccc3c2)c1. The fourth-order valence-corrected chi connectivity index (χ4v) is 2.29. The number of aryl methyl sites for hydroxylation is 2. The first-order chi connectivity index (χ1) is 10.1. The van der Waals surface area contributed by atoms with Crippen LogP contribution in [0.1, 0.15) is 21.5 Å². The second kappa shape index (κ2) is 5.37. The quantitative estimate of drug-likeness (QED) is 0.765. The molecule has 21 heavy (non-hydrogen) atoms. The first-order valence-electron chi connectivity index (χ1n) is 6.86. The standard InChI is InChI=1S/C18H16N2O/c1-12-3-4-13(2)17(9-12)20-18(21)15-5-6-16-11-19-8-7-14(16)10-15/h3-11H,1-2H3,(H,20,21). The van der Waals surface area contributed by atoms with Crippen molar-refractivity contribution in [2.24, 2.45) is 0 Å². The Labute approximate surface area is 123 Å². The number of benzene rings is 2. The molecule has 0 aliphatic rings. The normalized spacial score (nSPS) is 10.6. The number of amides is 1. The Kier molecular flexibility index (Phi) is 3.40. The van der Waals surface area contributed by atoms with Crippen molar-refractivity contribution in [3.8, 4) is 0 Å². The lowest BCUT2D eigenvalue weighted by Crippen LogP contribution is -2.12. The molecule has 0 saturated carbocycles. The summed E-state index contributed by atoms with van der Waals surface area (Å²) in [5.41, 5.74) is 3.68. The van der Waals surface area contributed by atoms with Gasteiger partial charge in [0.15, 0.2) is 0 Å². The average molecular weight is 276 g/mol. The molecular weight excluding hydrogens is 260 g/mol. The maximum atomic E-state index is 12.4. The molecule has 2 aromatic carbocycles. The van der Waals surface area contributed by atoms with E-state index in [2.05, 4.69) is 10.3 Å². The number of pyridine rings is 1. The molecule has 0 spiro atoms. The molecule has 3 nitrogen and oxygen atoms in total. The number of rotatable bonds is 2. The van der Waals surface area contributed by atoms with E-state index in [1.54, 1.807) is 12.4 Å². The molecular formula is C18H16N2O. The zero-order valence-electron chi connectivity index (χ0n) is 12.1. The minimum Gasteiger partial charge on any atom is -0.322 e. The van der Waals surface area contributed by atoms with Crippen LogP contribution in [0.4, 0.5) is 5.69 Å². The van der Waals surface area contributed by atoms with Gasteiger partial charge in [-0.1, -0.05) is 18.2 Å². The summed E-state index contributed by atoms with van der Waals surface area (Å²) in [4.78, 5) is 16.5. The Morgan fingerprint density at radius 3 is 2.71 bits per heavy atom. The number of hydrogen-bond acceptors (Lipinski definition) is 2. The summed E-state index contributed by atoms with van der Waals surface area (Å²) in [5, 5.41) is 5.02. The zero-order valence-corrected chi connectivity index (χ0v) is 12.1.